The molecular weight excluding hydrogens is 304 g/mol. The van der Waals surface area contributed by atoms with Crippen LogP contribution < -0.4 is 5.76 Å². The van der Waals surface area contributed by atoms with Gasteiger partial charge in [-0.3, -0.25) is 9.32 Å². The summed E-state index contributed by atoms with van der Waals surface area (Å²) in [7, 11) is 0. The van der Waals surface area contributed by atoms with E-state index in [4.69, 9.17) is 4.52 Å². The van der Waals surface area contributed by atoms with Crippen LogP contribution in [0.4, 0.5) is 0 Å². The van der Waals surface area contributed by atoms with Gasteiger partial charge in [-0.1, -0.05) is 41.6 Å². The summed E-state index contributed by atoms with van der Waals surface area (Å²) in [5.74, 6) is -0.419. The van der Waals surface area contributed by atoms with Crippen molar-refractivity contribution in [1.82, 2.24) is 9.72 Å². The van der Waals surface area contributed by atoms with Crippen molar-refractivity contribution < 1.29 is 9.32 Å². The number of aromatic nitrogens is 2. The summed E-state index contributed by atoms with van der Waals surface area (Å²) in [5.41, 5.74) is 4.42. The first-order chi connectivity index (χ1) is 11.5. The molecule has 0 aliphatic carbocycles. The van der Waals surface area contributed by atoms with Gasteiger partial charge in [0.15, 0.2) is 11.6 Å². The van der Waals surface area contributed by atoms with Crippen molar-refractivity contribution >= 4 is 5.78 Å². The van der Waals surface area contributed by atoms with E-state index in [1.165, 1.54) is 4.57 Å². The van der Waals surface area contributed by atoms with E-state index in [1.54, 1.807) is 0 Å². The van der Waals surface area contributed by atoms with E-state index in [2.05, 4.69) is 5.16 Å². The third kappa shape index (κ3) is 2.93. The number of aryl methyl sites for hydroxylation is 3. The Bertz CT molecular complexity index is 952. The summed E-state index contributed by atoms with van der Waals surface area (Å²) in [6.07, 6.45) is 0. The Kier molecular flexibility index (Phi) is 4.16. The van der Waals surface area contributed by atoms with E-state index < -0.39 is 5.76 Å². The van der Waals surface area contributed by atoms with Gasteiger partial charge in [0.25, 0.3) is 0 Å². The fraction of sp³-hybridized carbons (Fsp3) is 0.211. The molecule has 0 atom stereocenters. The molecule has 1 heterocycles. The Labute approximate surface area is 139 Å². The van der Waals surface area contributed by atoms with Crippen LogP contribution in [0.15, 0.2) is 51.8 Å². The van der Waals surface area contributed by atoms with Crippen LogP contribution in [0.1, 0.15) is 27.0 Å². The Morgan fingerprint density at radius 3 is 2.42 bits per heavy atom. The molecule has 0 bridgehead atoms. The monoisotopic (exact) mass is 322 g/mol. The smallest absolute Gasteiger partial charge is 0.295 e. The van der Waals surface area contributed by atoms with Crippen LogP contribution in [-0.2, 0) is 6.54 Å². The fourth-order valence-corrected chi connectivity index (χ4v) is 2.69. The predicted molar refractivity (Wildman–Crippen MR) is 91.2 cm³/mol. The van der Waals surface area contributed by atoms with E-state index in [-0.39, 0.29) is 12.3 Å². The molecule has 0 fully saturated rings. The Balaban J connectivity index is 1.98. The maximum Gasteiger partial charge on any atom is 0.442 e. The van der Waals surface area contributed by atoms with Gasteiger partial charge in [-0.25, -0.2) is 9.36 Å². The van der Waals surface area contributed by atoms with Gasteiger partial charge in [0.1, 0.15) is 0 Å². The second kappa shape index (κ2) is 6.28. The number of hydrogen-bond donors (Lipinski definition) is 0. The molecule has 2 aromatic carbocycles. The number of ketones is 1. The zero-order valence-electron chi connectivity index (χ0n) is 13.9. The third-order valence-electron chi connectivity index (χ3n) is 4.16. The standard InChI is InChI=1S/C19H18N2O3/c1-12-9-14(3)16(10-13(12)2)17(22)11-21-18(20-24-19(21)23)15-7-5-4-6-8-15/h4-10H,11H2,1-3H3. The summed E-state index contributed by atoms with van der Waals surface area (Å²) < 4.78 is 6.04. The highest BCUT2D eigenvalue weighted by atomic mass is 16.5. The molecule has 1 aromatic heterocycles. The molecule has 0 aliphatic rings. The molecule has 0 saturated heterocycles. The molecule has 122 valence electrons. The van der Waals surface area contributed by atoms with Gasteiger partial charge in [-0.15, -0.1) is 0 Å². The highest BCUT2D eigenvalue weighted by Crippen LogP contribution is 2.19. The minimum Gasteiger partial charge on any atom is -0.295 e. The van der Waals surface area contributed by atoms with Crippen LogP contribution in [0.5, 0.6) is 0 Å². The van der Waals surface area contributed by atoms with Gasteiger partial charge in [-0.2, -0.15) is 0 Å². The van der Waals surface area contributed by atoms with E-state index >= 15 is 0 Å². The highest BCUT2D eigenvalue weighted by Gasteiger charge is 2.18. The van der Waals surface area contributed by atoms with Gasteiger partial charge >= 0.3 is 5.76 Å². The molecular formula is C19H18N2O3. The SMILES string of the molecule is Cc1cc(C)c(C(=O)Cn2c(-c3ccccc3)noc2=O)cc1C. The lowest BCUT2D eigenvalue weighted by Gasteiger charge is -2.10. The molecule has 0 saturated carbocycles. The number of hydrogen-bond acceptors (Lipinski definition) is 4. The normalized spacial score (nSPS) is 10.8. The zero-order chi connectivity index (χ0) is 17.3. The molecule has 0 N–H and O–H groups in total. The Hall–Kier alpha value is -2.95. The average Bonchev–Trinajstić information content (AvgIpc) is 2.92. The summed E-state index contributed by atoms with van der Waals surface area (Å²) in [6.45, 7) is 5.77. The molecule has 3 aromatic rings. The topological polar surface area (TPSA) is 65.1 Å². The summed E-state index contributed by atoms with van der Waals surface area (Å²) >= 11 is 0. The van der Waals surface area contributed by atoms with Crippen molar-refractivity contribution in [3.05, 3.63) is 75.3 Å². The van der Waals surface area contributed by atoms with Gasteiger partial charge < -0.3 is 0 Å². The number of nitrogens with zero attached hydrogens (tertiary/aromatic N) is 2. The molecule has 0 aliphatic heterocycles. The van der Waals surface area contributed by atoms with Gasteiger partial charge in [0.2, 0.25) is 0 Å². The largest absolute Gasteiger partial charge is 0.442 e. The lowest BCUT2D eigenvalue weighted by molar-refractivity contribution is 0.0969. The number of carbonyl (C=O) groups is 1. The van der Waals surface area contributed by atoms with E-state index in [0.29, 0.717) is 11.4 Å². The van der Waals surface area contributed by atoms with Crippen molar-refractivity contribution in [1.29, 1.82) is 0 Å². The molecule has 0 amide bonds. The van der Waals surface area contributed by atoms with Crippen LogP contribution in [-0.4, -0.2) is 15.5 Å². The average molecular weight is 322 g/mol. The number of Topliss-reactive ketones (excluding diaryl/α,β-unsaturated/α-hetero) is 1. The van der Waals surface area contributed by atoms with E-state index in [9.17, 15) is 9.59 Å². The van der Waals surface area contributed by atoms with E-state index in [0.717, 1.165) is 22.3 Å². The highest BCUT2D eigenvalue weighted by molar-refractivity contribution is 5.97. The van der Waals surface area contributed by atoms with Gasteiger partial charge in [0.05, 0.1) is 6.54 Å². The second-order valence-electron chi connectivity index (χ2n) is 5.90. The maximum absolute atomic E-state index is 12.7. The lowest BCUT2D eigenvalue weighted by Crippen LogP contribution is -2.22. The Morgan fingerprint density at radius 1 is 1.04 bits per heavy atom. The van der Waals surface area contributed by atoms with Crippen molar-refractivity contribution in [2.75, 3.05) is 0 Å². The number of carbonyl (C=O) groups excluding carboxylic acids is 1. The second-order valence-corrected chi connectivity index (χ2v) is 5.90. The fourth-order valence-electron chi connectivity index (χ4n) is 2.69. The van der Waals surface area contributed by atoms with Crippen LogP contribution in [0.25, 0.3) is 11.4 Å². The quantitative estimate of drug-likeness (QED) is 0.691. The minimum atomic E-state index is -0.635. The summed E-state index contributed by atoms with van der Waals surface area (Å²) in [4.78, 5) is 24.7. The molecule has 0 radical (unpaired) electrons. The van der Waals surface area contributed by atoms with Gasteiger partial charge in [-0.05, 0) is 43.5 Å². The summed E-state index contributed by atoms with van der Waals surface area (Å²) in [5, 5.41) is 3.81. The van der Waals surface area contributed by atoms with E-state index in [1.807, 2.05) is 63.2 Å². The van der Waals surface area contributed by atoms with Crippen molar-refractivity contribution in [2.24, 2.45) is 0 Å². The molecule has 24 heavy (non-hydrogen) atoms. The Morgan fingerprint density at radius 2 is 1.71 bits per heavy atom. The number of benzene rings is 2. The third-order valence-corrected chi connectivity index (χ3v) is 4.16. The van der Waals surface area contributed by atoms with Crippen LogP contribution >= 0.6 is 0 Å². The van der Waals surface area contributed by atoms with Gasteiger partial charge in [0, 0.05) is 11.1 Å². The van der Waals surface area contributed by atoms with Crippen LogP contribution in [0, 0.1) is 20.8 Å². The molecule has 5 heteroatoms. The number of rotatable bonds is 4. The van der Waals surface area contributed by atoms with Crippen LogP contribution in [0.2, 0.25) is 0 Å². The molecule has 3 rings (SSSR count). The first kappa shape index (κ1) is 15.9. The maximum atomic E-state index is 12.7. The summed E-state index contributed by atoms with van der Waals surface area (Å²) in [6, 6.07) is 13.0. The first-order valence-corrected chi connectivity index (χ1v) is 7.70. The van der Waals surface area contributed by atoms with Crippen molar-refractivity contribution in [3.63, 3.8) is 0 Å². The molecule has 0 unspecified atom stereocenters. The lowest BCUT2D eigenvalue weighted by atomic mass is 9.98. The molecule has 5 nitrogen and oxygen atoms in total. The first-order valence-electron chi connectivity index (χ1n) is 7.70. The van der Waals surface area contributed by atoms with Crippen molar-refractivity contribution in [3.8, 4) is 11.4 Å². The zero-order valence-corrected chi connectivity index (χ0v) is 13.9. The predicted octanol–water partition coefficient (Wildman–Crippen LogP) is 3.31. The minimum absolute atomic E-state index is 0.101. The molecule has 0 spiro atoms. The van der Waals surface area contributed by atoms with Crippen molar-refractivity contribution in [2.45, 2.75) is 27.3 Å². The van der Waals surface area contributed by atoms with Crippen LogP contribution in [0.3, 0.4) is 0 Å².